The van der Waals surface area contributed by atoms with Gasteiger partial charge in [-0.05, 0) is 12.0 Å². The van der Waals surface area contributed by atoms with Crippen molar-refractivity contribution in [1.82, 2.24) is 20.0 Å². The van der Waals surface area contributed by atoms with Crippen molar-refractivity contribution in [3.05, 3.63) is 39.9 Å². The highest BCUT2D eigenvalue weighted by Crippen LogP contribution is 2.14. The molecule has 1 fully saturated rings. The summed E-state index contributed by atoms with van der Waals surface area (Å²) in [6, 6.07) is 3.00. The molecule has 1 saturated heterocycles. The van der Waals surface area contributed by atoms with Crippen LogP contribution in [0.4, 0.5) is 5.69 Å². The van der Waals surface area contributed by atoms with E-state index in [1.165, 1.54) is 24.3 Å². The van der Waals surface area contributed by atoms with Crippen LogP contribution in [0.25, 0.3) is 0 Å². The molecule has 0 amide bonds. The summed E-state index contributed by atoms with van der Waals surface area (Å²) in [6.45, 7) is 1.82. The van der Waals surface area contributed by atoms with E-state index in [4.69, 9.17) is 0 Å². The van der Waals surface area contributed by atoms with E-state index in [9.17, 15) is 49.7 Å². The summed E-state index contributed by atoms with van der Waals surface area (Å²) in [5.41, 5.74) is 0.487. The maximum atomic E-state index is 11.5. The van der Waals surface area contributed by atoms with Gasteiger partial charge in [-0.25, -0.2) is 9.59 Å². The summed E-state index contributed by atoms with van der Waals surface area (Å²) >= 11 is 0. The number of benzene rings is 1. The smallest absolute Gasteiger partial charge is 0.332 e. The summed E-state index contributed by atoms with van der Waals surface area (Å²) in [7, 11) is 0. The Morgan fingerprint density at radius 3 is 1.62 bits per heavy atom. The van der Waals surface area contributed by atoms with Gasteiger partial charge >= 0.3 is 23.9 Å². The average molecular weight is 526 g/mol. The third-order valence-electron chi connectivity index (χ3n) is 5.92. The van der Waals surface area contributed by atoms with Crippen molar-refractivity contribution in [3.8, 4) is 0 Å². The van der Waals surface area contributed by atoms with Crippen LogP contribution in [0.3, 0.4) is 0 Å². The zero-order valence-electron chi connectivity index (χ0n) is 20.1. The predicted molar refractivity (Wildman–Crippen MR) is 127 cm³/mol. The SMILES string of the molecule is O=C(O)CN1CCN(CC(=O)O)CCN(CC(Cc2ccc([N+](=O)[O-])cc2)NC(C(=O)O)C(=O)O)CC1. The van der Waals surface area contributed by atoms with E-state index in [2.05, 4.69) is 5.32 Å². The minimum Gasteiger partial charge on any atom is -0.480 e. The van der Waals surface area contributed by atoms with Crippen molar-refractivity contribution in [1.29, 1.82) is 0 Å². The molecule has 1 unspecified atom stereocenters. The molecule has 204 valence electrons. The predicted octanol–water partition coefficient (Wildman–Crippen LogP) is -1.28. The van der Waals surface area contributed by atoms with Crippen LogP contribution in [0, 0.1) is 10.1 Å². The van der Waals surface area contributed by atoms with E-state index in [1.54, 1.807) is 9.80 Å². The van der Waals surface area contributed by atoms with Gasteiger partial charge in [-0.2, -0.15) is 0 Å². The minimum absolute atomic E-state index is 0.126. The number of nitro benzene ring substituents is 1. The third kappa shape index (κ3) is 10.5. The molecule has 0 bridgehead atoms. The molecular weight excluding hydrogens is 494 g/mol. The number of hydrogen-bond donors (Lipinski definition) is 5. The summed E-state index contributed by atoms with van der Waals surface area (Å²) in [6.07, 6.45) is 0.156. The van der Waals surface area contributed by atoms with Crippen molar-refractivity contribution >= 4 is 29.6 Å². The molecule has 1 aliphatic rings. The van der Waals surface area contributed by atoms with Crippen LogP contribution in [0.15, 0.2) is 24.3 Å². The molecule has 1 aliphatic heterocycles. The first-order valence-electron chi connectivity index (χ1n) is 11.5. The zero-order chi connectivity index (χ0) is 27.5. The van der Waals surface area contributed by atoms with Gasteiger partial charge in [0.05, 0.1) is 18.0 Å². The van der Waals surface area contributed by atoms with Crippen LogP contribution in [0.2, 0.25) is 0 Å². The standard InChI is InChI=1S/C22H31N5O10/c28-18(29)13-25-7-5-24(6-8-26(10-9-25)14-19(30)31)12-16(23-20(21(32)33)22(34)35)11-15-1-3-17(4-2-15)27(36)37/h1-4,16,20,23H,5-14H2,(H,28,29)(H,30,31)(H,32,33)(H,34,35). The Bertz CT molecular complexity index is 931. The van der Waals surface area contributed by atoms with Crippen LogP contribution in [0.1, 0.15) is 5.56 Å². The van der Waals surface area contributed by atoms with E-state index in [0.717, 1.165) is 0 Å². The minimum atomic E-state index is -1.90. The number of carbonyl (C=O) groups is 4. The van der Waals surface area contributed by atoms with Gasteiger partial charge in [-0.3, -0.25) is 39.7 Å². The fourth-order valence-corrected chi connectivity index (χ4v) is 4.08. The number of rotatable bonds is 13. The molecule has 0 saturated carbocycles. The van der Waals surface area contributed by atoms with Gasteiger partial charge in [-0.15, -0.1) is 0 Å². The van der Waals surface area contributed by atoms with Crippen LogP contribution < -0.4 is 5.32 Å². The third-order valence-corrected chi connectivity index (χ3v) is 5.92. The Kier molecular flexibility index (Phi) is 11.3. The first-order chi connectivity index (χ1) is 17.4. The Morgan fingerprint density at radius 1 is 0.811 bits per heavy atom. The van der Waals surface area contributed by atoms with Gasteiger partial charge in [0.15, 0.2) is 0 Å². The number of nitrogens with one attached hydrogen (secondary N) is 1. The first-order valence-corrected chi connectivity index (χ1v) is 11.5. The number of nitrogens with zero attached hydrogens (tertiary/aromatic N) is 4. The van der Waals surface area contributed by atoms with Gasteiger partial charge in [-0.1, -0.05) is 12.1 Å². The molecule has 1 heterocycles. The van der Waals surface area contributed by atoms with Gasteiger partial charge in [0.25, 0.3) is 5.69 Å². The maximum absolute atomic E-state index is 11.5. The number of hydrogen-bond acceptors (Lipinski definition) is 10. The lowest BCUT2D eigenvalue weighted by Crippen LogP contribution is -2.54. The number of carboxylic acids is 4. The molecule has 0 aromatic heterocycles. The quantitative estimate of drug-likeness (QED) is 0.115. The Hall–Kier alpha value is -3.66. The molecule has 0 aliphatic carbocycles. The van der Waals surface area contributed by atoms with E-state index in [1.807, 2.05) is 4.90 Å². The molecule has 0 radical (unpaired) electrons. The van der Waals surface area contributed by atoms with E-state index >= 15 is 0 Å². The summed E-state index contributed by atoms with van der Waals surface area (Å²) in [4.78, 5) is 61.2. The first kappa shape index (κ1) is 29.6. The highest BCUT2D eigenvalue weighted by Gasteiger charge is 2.30. The second-order valence-electron chi connectivity index (χ2n) is 8.74. The second kappa shape index (κ2) is 14.2. The van der Waals surface area contributed by atoms with Crippen molar-refractivity contribution in [3.63, 3.8) is 0 Å². The van der Waals surface area contributed by atoms with Crippen molar-refractivity contribution < 1.29 is 44.5 Å². The zero-order valence-corrected chi connectivity index (χ0v) is 20.1. The fraction of sp³-hybridized carbons (Fsp3) is 0.545. The Labute approximate surface area is 212 Å². The number of non-ortho nitro benzene ring substituents is 1. The number of aliphatic carboxylic acids is 4. The molecule has 15 nitrogen and oxygen atoms in total. The van der Waals surface area contributed by atoms with Gasteiger partial charge in [0.1, 0.15) is 0 Å². The van der Waals surface area contributed by atoms with E-state index < -0.39 is 40.9 Å². The lowest BCUT2D eigenvalue weighted by Gasteiger charge is -2.30. The molecule has 2 rings (SSSR count). The van der Waals surface area contributed by atoms with Crippen molar-refractivity contribution in [2.24, 2.45) is 0 Å². The fourth-order valence-electron chi connectivity index (χ4n) is 4.08. The number of carboxylic acid groups (broad SMARTS) is 4. The average Bonchev–Trinajstić information content (AvgIpc) is 2.88. The Morgan fingerprint density at radius 2 is 1.24 bits per heavy atom. The highest BCUT2D eigenvalue weighted by atomic mass is 16.6. The monoisotopic (exact) mass is 525 g/mol. The summed E-state index contributed by atoms with van der Waals surface area (Å²) in [5.74, 6) is -5.21. The van der Waals surface area contributed by atoms with E-state index in [-0.39, 0.29) is 31.7 Å². The van der Waals surface area contributed by atoms with Crippen LogP contribution in [-0.4, -0.2) is 135 Å². The van der Waals surface area contributed by atoms with Gasteiger partial charge < -0.3 is 20.4 Å². The summed E-state index contributed by atoms with van der Waals surface area (Å²) < 4.78 is 0. The molecule has 1 aromatic rings. The van der Waals surface area contributed by atoms with Crippen LogP contribution in [0.5, 0.6) is 0 Å². The molecular formula is C22H31N5O10. The highest BCUT2D eigenvalue weighted by molar-refractivity contribution is 5.97. The Balaban J connectivity index is 2.25. The lowest BCUT2D eigenvalue weighted by molar-refractivity contribution is -0.384. The maximum Gasteiger partial charge on any atom is 0.332 e. The van der Waals surface area contributed by atoms with Crippen LogP contribution >= 0.6 is 0 Å². The van der Waals surface area contributed by atoms with Crippen molar-refractivity contribution in [2.75, 3.05) is 58.9 Å². The molecule has 1 aromatic carbocycles. The molecule has 37 heavy (non-hydrogen) atoms. The van der Waals surface area contributed by atoms with Crippen molar-refractivity contribution in [2.45, 2.75) is 18.5 Å². The number of nitro groups is 1. The normalized spacial score (nSPS) is 16.9. The van der Waals surface area contributed by atoms with Gasteiger partial charge in [0.2, 0.25) is 6.04 Å². The van der Waals surface area contributed by atoms with Crippen LogP contribution in [-0.2, 0) is 25.6 Å². The lowest BCUT2D eigenvalue weighted by atomic mass is 10.0. The molecule has 15 heteroatoms. The van der Waals surface area contributed by atoms with E-state index in [0.29, 0.717) is 44.8 Å². The summed E-state index contributed by atoms with van der Waals surface area (Å²) in [5, 5.41) is 50.7. The molecule has 0 spiro atoms. The topological polar surface area (TPSA) is 214 Å². The molecule has 1 atom stereocenters. The van der Waals surface area contributed by atoms with Gasteiger partial charge in [0, 0.05) is 64.0 Å². The largest absolute Gasteiger partial charge is 0.480 e. The molecule has 5 N–H and O–H groups in total. The second-order valence-corrected chi connectivity index (χ2v) is 8.74.